The van der Waals surface area contributed by atoms with E-state index in [2.05, 4.69) is 11.9 Å². The van der Waals surface area contributed by atoms with Gasteiger partial charge in [0, 0.05) is 13.7 Å². The maximum Gasteiger partial charge on any atom is 0.243 e. The molecule has 0 saturated heterocycles. The molecule has 0 aromatic rings. The van der Waals surface area contributed by atoms with Crippen LogP contribution in [0.3, 0.4) is 0 Å². The SMILES string of the molecule is C=CC(=O)NCC(OC)C(C)C. The molecule has 0 bridgehead atoms. The van der Waals surface area contributed by atoms with Crippen LogP contribution in [0.4, 0.5) is 0 Å². The van der Waals surface area contributed by atoms with Crippen molar-refractivity contribution in [3.8, 4) is 0 Å². The highest BCUT2D eigenvalue weighted by molar-refractivity contribution is 5.86. The summed E-state index contributed by atoms with van der Waals surface area (Å²) >= 11 is 0. The third-order valence-electron chi connectivity index (χ3n) is 1.71. The molecule has 0 radical (unpaired) electrons. The van der Waals surface area contributed by atoms with Crippen LogP contribution in [0, 0.1) is 5.92 Å². The van der Waals surface area contributed by atoms with E-state index in [9.17, 15) is 4.79 Å². The van der Waals surface area contributed by atoms with Gasteiger partial charge in [-0.25, -0.2) is 0 Å². The zero-order chi connectivity index (χ0) is 9.56. The van der Waals surface area contributed by atoms with E-state index >= 15 is 0 Å². The predicted octanol–water partition coefficient (Wildman–Crippen LogP) is 0.960. The maximum absolute atomic E-state index is 10.8. The molecule has 12 heavy (non-hydrogen) atoms. The minimum Gasteiger partial charge on any atom is -0.379 e. The Morgan fingerprint density at radius 3 is 2.58 bits per heavy atom. The van der Waals surface area contributed by atoms with Crippen molar-refractivity contribution in [3.63, 3.8) is 0 Å². The Bertz CT molecular complexity index is 155. The Morgan fingerprint density at radius 1 is 1.67 bits per heavy atom. The molecule has 0 heterocycles. The van der Waals surface area contributed by atoms with Crippen molar-refractivity contribution in [1.82, 2.24) is 5.32 Å². The van der Waals surface area contributed by atoms with E-state index in [1.54, 1.807) is 7.11 Å². The van der Waals surface area contributed by atoms with Gasteiger partial charge in [0.2, 0.25) is 5.91 Å². The lowest BCUT2D eigenvalue weighted by atomic mass is 10.1. The van der Waals surface area contributed by atoms with E-state index in [-0.39, 0.29) is 12.0 Å². The molecular weight excluding hydrogens is 154 g/mol. The van der Waals surface area contributed by atoms with Crippen LogP contribution in [0.2, 0.25) is 0 Å². The van der Waals surface area contributed by atoms with Crippen molar-refractivity contribution in [3.05, 3.63) is 12.7 Å². The fourth-order valence-electron chi connectivity index (χ4n) is 0.865. The first kappa shape index (κ1) is 11.2. The zero-order valence-electron chi connectivity index (χ0n) is 7.96. The molecule has 0 saturated carbocycles. The molecule has 3 nitrogen and oxygen atoms in total. The number of amides is 1. The summed E-state index contributed by atoms with van der Waals surface area (Å²) in [5.74, 6) is 0.248. The summed E-state index contributed by atoms with van der Waals surface area (Å²) in [6, 6.07) is 0. The summed E-state index contributed by atoms with van der Waals surface area (Å²) in [5.41, 5.74) is 0. The van der Waals surface area contributed by atoms with Gasteiger partial charge in [0.1, 0.15) is 0 Å². The molecule has 0 aliphatic heterocycles. The smallest absolute Gasteiger partial charge is 0.243 e. The van der Waals surface area contributed by atoms with Gasteiger partial charge in [0.15, 0.2) is 0 Å². The minimum atomic E-state index is -0.155. The Kier molecular flexibility index (Phi) is 5.37. The Labute approximate surface area is 73.8 Å². The highest BCUT2D eigenvalue weighted by Gasteiger charge is 2.11. The Hall–Kier alpha value is -0.830. The summed E-state index contributed by atoms with van der Waals surface area (Å²) in [5, 5.41) is 2.68. The Balaban J connectivity index is 3.72. The topological polar surface area (TPSA) is 38.3 Å². The van der Waals surface area contributed by atoms with Crippen LogP contribution in [-0.2, 0) is 9.53 Å². The van der Waals surface area contributed by atoms with Crippen LogP contribution in [0.5, 0.6) is 0 Å². The number of hydrogen-bond donors (Lipinski definition) is 1. The van der Waals surface area contributed by atoms with Gasteiger partial charge in [-0.3, -0.25) is 4.79 Å². The molecule has 1 unspecified atom stereocenters. The maximum atomic E-state index is 10.8. The lowest BCUT2D eigenvalue weighted by molar-refractivity contribution is -0.117. The average Bonchev–Trinajstić information content (AvgIpc) is 2.04. The predicted molar refractivity (Wildman–Crippen MR) is 48.8 cm³/mol. The van der Waals surface area contributed by atoms with Crippen LogP contribution in [0.25, 0.3) is 0 Å². The van der Waals surface area contributed by atoms with Crippen LogP contribution in [0.15, 0.2) is 12.7 Å². The number of carbonyl (C=O) groups is 1. The molecule has 0 fully saturated rings. The van der Waals surface area contributed by atoms with Gasteiger partial charge in [0.25, 0.3) is 0 Å². The van der Waals surface area contributed by atoms with Crippen molar-refractivity contribution in [1.29, 1.82) is 0 Å². The third kappa shape index (κ3) is 4.13. The normalized spacial score (nSPS) is 12.7. The molecule has 0 spiro atoms. The van der Waals surface area contributed by atoms with Gasteiger partial charge >= 0.3 is 0 Å². The second-order valence-corrected chi connectivity index (χ2v) is 2.97. The Morgan fingerprint density at radius 2 is 2.25 bits per heavy atom. The van der Waals surface area contributed by atoms with E-state index in [1.165, 1.54) is 6.08 Å². The quantitative estimate of drug-likeness (QED) is 0.626. The molecule has 0 aliphatic carbocycles. The standard InChI is InChI=1S/C9H17NO2/c1-5-9(11)10-6-8(12-4)7(2)3/h5,7-8H,1,6H2,2-4H3,(H,10,11). The molecule has 0 aliphatic rings. The number of rotatable bonds is 5. The fraction of sp³-hybridized carbons (Fsp3) is 0.667. The van der Waals surface area contributed by atoms with E-state index in [0.29, 0.717) is 12.5 Å². The van der Waals surface area contributed by atoms with E-state index in [1.807, 2.05) is 13.8 Å². The van der Waals surface area contributed by atoms with Crippen molar-refractivity contribution >= 4 is 5.91 Å². The molecule has 70 valence electrons. The van der Waals surface area contributed by atoms with Crippen LogP contribution >= 0.6 is 0 Å². The first-order valence-electron chi connectivity index (χ1n) is 4.04. The first-order valence-corrected chi connectivity index (χ1v) is 4.04. The molecular formula is C9H17NO2. The summed E-state index contributed by atoms with van der Waals surface area (Å²) in [4.78, 5) is 10.8. The van der Waals surface area contributed by atoms with Crippen LogP contribution in [0.1, 0.15) is 13.8 Å². The highest BCUT2D eigenvalue weighted by atomic mass is 16.5. The number of nitrogens with one attached hydrogen (secondary N) is 1. The number of hydrogen-bond acceptors (Lipinski definition) is 2. The van der Waals surface area contributed by atoms with Gasteiger partial charge < -0.3 is 10.1 Å². The number of methoxy groups -OCH3 is 1. The molecule has 0 rings (SSSR count). The van der Waals surface area contributed by atoms with Crippen LogP contribution in [-0.4, -0.2) is 25.7 Å². The van der Waals surface area contributed by atoms with Crippen molar-refractivity contribution in [2.75, 3.05) is 13.7 Å². The first-order chi connectivity index (χ1) is 5.61. The fourth-order valence-corrected chi connectivity index (χ4v) is 0.865. The van der Waals surface area contributed by atoms with Gasteiger partial charge in [0.05, 0.1) is 6.10 Å². The summed E-state index contributed by atoms with van der Waals surface area (Å²) in [6.45, 7) is 8.00. The summed E-state index contributed by atoms with van der Waals surface area (Å²) in [7, 11) is 1.64. The molecule has 1 amide bonds. The van der Waals surface area contributed by atoms with Gasteiger partial charge in [-0.05, 0) is 12.0 Å². The highest BCUT2D eigenvalue weighted by Crippen LogP contribution is 2.03. The van der Waals surface area contributed by atoms with Gasteiger partial charge in [-0.2, -0.15) is 0 Å². The van der Waals surface area contributed by atoms with Crippen LogP contribution < -0.4 is 5.32 Å². The van der Waals surface area contributed by atoms with Crippen molar-refractivity contribution < 1.29 is 9.53 Å². The monoisotopic (exact) mass is 171 g/mol. The molecule has 3 heteroatoms. The third-order valence-corrected chi connectivity index (χ3v) is 1.71. The second kappa shape index (κ2) is 5.77. The summed E-state index contributed by atoms with van der Waals surface area (Å²) < 4.78 is 5.16. The van der Waals surface area contributed by atoms with E-state index in [0.717, 1.165) is 0 Å². The largest absolute Gasteiger partial charge is 0.379 e. The average molecular weight is 171 g/mol. The zero-order valence-corrected chi connectivity index (χ0v) is 7.96. The lowest BCUT2D eigenvalue weighted by Gasteiger charge is -2.18. The molecule has 1 atom stereocenters. The van der Waals surface area contributed by atoms with E-state index < -0.39 is 0 Å². The molecule has 0 aromatic heterocycles. The molecule has 1 N–H and O–H groups in total. The molecule has 0 aromatic carbocycles. The van der Waals surface area contributed by atoms with Crippen molar-refractivity contribution in [2.45, 2.75) is 20.0 Å². The lowest BCUT2D eigenvalue weighted by Crippen LogP contribution is -2.35. The van der Waals surface area contributed by atoms with Gasteiger partial charge in [-0.1, -0.05) is 20.4 Å². The number of carbonyl (C=O) groups excluding carboxylic acids is 1. The summed E-state index contributed by atoms with van der Waals surface area (Å²) in [6.07, 6.45) is 1.33. The second-order valence-electron chi connectivity index (χ2n) is 2.97. The number of ether oxygens (including phenoxy) is 1. The van der Waals surface area contributed by atoms with Gasteiger partial charge in [-0.15, -0.1) is 0 Å². The van der Waals surface area contributed by atoms with E-state index in [4.69, 9.17) is 4.74 Å². The van der Waals surface area contributed by atoms with Crippen molar-refractivity contribution in [2.24, 2.45) is 5.92 Å². The minimum absolute atomic E-state index is 0.0777.